The van der Waals surface area contributed by atoms with E-state index in [4.69, 9.17) is 12.6 Å². The zero-order valence-corrected chi connectivity index (χ0v) is 7.17. The maximum atomic E-state index is 13.1. The van der Waals surface area contributed by atoms with Gasteiger partial charge in [0.1, 0.15) is 13.7 Å². The smallest absolute Gasteiger partial charge is 0.128 e. The maximum Gasteiger partial charge on any atom is 0.128 e. The van der Waals surface area contributed by atoms with Crippen LogP contribution in [-0.4, -0.2) is 15.0 Å². The molecule has 0 aromatic heterocycles. The van der Waals surface area contributed by atoms with Crippen molar-refractivity contribution in [2.75, 3.05) is 7.11 Å². The molecule has 1 nitrogen and oxygen atoms in total. The zero-order chi connectivity index (χ0) is 9.14. The fourth-order valence-electron chi connectivity index (χ4n) is 1.00. The van der Waals surface area contributed by atoms with Gasteiger partial charge in [0.05, 0.1) is 6.10 Å². The van der Waals surface area contributed by atoms with Crippen LogP contribution in [-0.2, 0) is 4.74 Å². The topological polar surface area (TPSA) is 9.23 Å². The van der Waals surface area contributed by atoms with E-state index in [2.05, 4.69) is 0 Å². The Balaban J connectivity index is 3.04. The highest BCUT2D eigenvalue weighted by atomic mass is 19.1. The van der Waals surface area contributed by atoms with Crippen molar-refractivity contribution in [2.24, 2.45) is 0 Å². The van der Waals surface area contributed by atoms with Gasteiger partial charge in [-0.15, -0.1) is 0 Å². The fraction of sp³-hybridized carbons (Fsp3) is 0.333. The van der Waals surface area contributed by atoms with Gasteiger partial charge >= 0.3 is 0 Å². The number of benzene rings is 1. The summed E-state index contributed by atoms with van der Waals surface area (Å²) in [6.45, 7) is 1.78. The number of hydrogen-bond acceptors (Lipinski definition) is 1. The number of hydrogen-bond donors (Lipinski definition) is 0. The Hall–Kier alpha value is -0.825. The SMILES string of the molecule is [B]c1ccc(F)c(C(C)OC)c1. The van der Waals surface area contributed by atoms with Crippen molar-refractivity contribution in [3.63, 3.8) is 0 Å². The van der Waals surface area contributed by atoms with Gasteiger partial charge in [-0.2, -0.15) is 0 Å². The first-order chi connectivity index (χ1) is 5.65. The largest absolute Gasteiger partial charge is 0.377 e. The number of rotatable bonds is 2. The molecule has 1 rings (SSSR count). The Morgan fingerprint density at radius 2 is 2.17 bits per heavy atom. The first kappa shape index (κ1) is 9.26. The lowest BCUT2D eigenvalue weighted by atomic mass is 9.93. The molecule has 0 saturated heterocycles. The summed E-state index contributed by atoms with van der Waals surface area (Å²) in [5.74, 6) is -0.279. The first-order valence-corrected chi connectivity index (χ1v) is 3.73. The van der Waals surface area contributed by atoms with Gasteiger partial charge in [-0.1, -0.05) is 17.6 Å². The summed E-state index contributed by atoms with van der Waals surface area (Å²) in [4.78, 5) is 0. The van der Waals surface area contributed by atoms with Crippen LogP contribution in [0.1, 0.15) is 18.6 Å². The van der Waals surface area contributed by atoms with Gasteiger partial charge in [-0.05, 0) is 13.0 Å². The van der Waals surface area contributed by atoms with Gasteiger partial charge in [0, 0.05) is 12.7 Å². The molecule has 1 aromatic rings. The Labute approximate surface area is 73.0 Å². The zero-order valence-electron chi connectivity index (χ0n) is 7.17. The third-order valence-electron chi connectivity index (χ3n) is 1.81. The molecule has 0 fully saturated rings. The van der Waals surface area contributed by atoms with Crippen molar-refractivity contribution in [1.29, 1.82) is 0 Å². The third-order valence-corrected chi connectivity index (χ3v) is 1.81. The highest BCUT2D eigenvalue weighted by Gasteiger charge is 2.08. The summed E-state index contributed by atoms with van der Waals surface area (Å²) >= 11 is 0. The predicted molar refractivity (Wildman–Crippen MR) is 47.2 cm³/mol. The van der Waals surface area contributed by atoms with Crippen molar-refractivity contribution in [3.8, 4) is 0 Å². The van der Waals surface area contributed by atoms with Crippen LogP contribution in [0.2, 0.25) is 0 Å². The van der Waals surface area contributed by atoms with Crippen molar-refractivity contribution in [3.05, 3.63) is 29.6 Å². The van der Waals surface area contributed by atoms with Crippen LogP contribution in [0.5, 0.6) is 0 Å². The minimum Gasteiger partial charge on any atom is -0.377 e. The molecule has 0 bridgehead atoms. The third kappa shape index (κ3) is 1.86. The molecule has 0 aliphatic heterocycles. The Bertz CT molecular complexity index is 275. The van der Waals surface area contributed by atoms with Crippen molar-refractivity contribution in [2.45, 2.75) is 13.0 Å². The molecule has 0 aliphatic rings. The average Bonchev–Trinajstić information content (AvgIpc) is 2.08. The normalized spacial score (nSPS) is 12.9. The highest BCUT2D eigenvalue weighted by Crippen LogP contribution is 2.17. The summed E-state index contributed by atoms with van der Waals surface area (Å²) in [7, 11) is 7.03. The number of halogens is 1. The molecule has 0 aliphatic carbocycles. The van der Waals surface area contributed by atoms with E-state index in [9.17, 15) is 4.39 Å². The second-order valence-electron chi connectivity index (χ2n) is 2.66. The van der Waals surface area contributed by atoms with Crippen LogP contribution in [0.3, 0.4) is 0 Å². The van der Waals surface area contributed by atoms with Crippen LogP contribution in [0.15, 0.2) is 18.2 Å². The maximum absolute atomic E-state index is 13.1. The number of ether oxygens (including phenoxy) is 1. The summed E-state index contributed by atoms with van der Waals surface area (Å²) in [6.07, 6.45) is -0.256. The van der Waals surface area contributed by atoms with E-state index in [1.807, 2.05) is 0 Å². The monoisotopic (exact) mass is 164 g/mol. The fourth-order valence-corrected chi connectivity index (χ4v) is 1.00. The van der Waals surface area contributed by atoms with Gasteiger partial charge in [-0.25, -0.2) is 4.39 Å². The van der Waals surface area contributed by atoms with E-state index >= 15 is 0 Å². The minimum atomic E-state index is -0.279. The molecule has 0 N–H and O–H groups in total. The second kappa shape index (κ2) is 3.72. The van der Waals surface area contributed by atoms with E-state index < -0.39 is 0 Å². The summed E-state index contributed by atoms with van der Waals surface area (Å²) < 4.78 is 18.0. The molecular weight excluding hydrogens is 154 g/mol. The Kier molecular flexibility index (Phi) is 2.87. The van der Waals surface area contributed by atoms with E-state index in [0.717, 1.165) is 0 Å². The lowest BCUT2D eigenvalue weighted by Crippen LogP contribution is -2.08. The van der Waals surface area contributed by atoms with Gasteiger partial charge in [0.2, 0.25) is 0 Å². The van der Waals surface area contributed by atoms with Gasteiger partial charge in [-0.3, -0.25) is 0 Å². The van der Waals surface area contributed by atoms with Crippen LogP contribution in [0.25, 0.3) is 0 Å². The first-order valence-electron chi connectivity index (χ1n) is 3.73. The molecule has 0 spiro atoms. The van der Waals surface area contributed by atoms with Gasteiger partial charge < -0.3 is 4.74 Å². The molecule has 0 amide bonds. The molecular formula is C9H10BFO. The molecule has 1 aromatic carbocycles. The van der Waals surface area contributed by atoms with E-state index in [0.29, 0.717) is 11.0 Å². The summed E-state index contributed by atoms with van der Waals surface area (Å²) in [5, 5.41) is 0. The van der Waals surface area contributed by atoms with Crippen molar-refractivity contribution >= 4 is 13.3 Å². The predicted octanol–water partition coefficient (Wildman–Crippen LogP) is 1.33. The molecule has 62 valence electrons. The van der Waals surface area contributed by atoms with E-state index in [-0.39, 0.29) is 11.9 Å². The van der Waals surface area contributed by atoms with Crippen LogP contribution in [0, 0.1) is 5.82 Å². The standard InChI is InChI=1S/C9H10BFO/c1-6(12-2)8-5-7(10)3-4-9(8)11/h3-6H,1-2H3. The molecule has 2 radical (unpaired) electrons. The summed E-state index contributed by atoms with van der Waals surface area (Å²) in [6, 6.07) is 4.46. The molecule has 0 heterocycles. The number of methoxy groups -OCH3 is 1. The molecule has 1 atom stereocenters. The van der Waals surface area contributed by atoms with E-state index in [1.54, 1.807) is 13.0 Å². The van der Waals surface area contributed by atoms with Crippen LogP contribution in [0.4, 0.5) is 4.39 Å². The molecule has 1 unspecified atom stereocenters. The quantitative estimate of drug-likeness (QED) is 0.599. The van der Waals surface area contributed by atoms with Crippen LogP contribution < -0.4 is 5.46 Å². The van der Waals surface area contributed by atoms with Crippen molar-refractivity contribution in [1.82, 2.24) is 0 Å². The van der Waals surface area contributed by atoms with Crippen molar-refractivity contribution < 1.29 is 9.13 Å². The Morgan fingerprint density at radius 1 is 1.50 bits per heavy atom. The average molecular weight is 164 g/mol. The molecule has 3 heteroatoms. The minimum absolute atomic E-state index is 0.256. The second-order valence-corrected chi connectivity index (χ2v) is 2.66. The highest BCUT2D eigenvalue weighted by molar-refractivity contribution is 6.32. The van der Waals surface area contributed by atoms with Crippen LogP contribution >= 0.6 is 0 Å². The Morgan fingerprint density at radius 3 is 2.75 bits per heavy atom. The van der Waals surface area contributed by atoms with Gasteiger partial charge in [0.15, 0.2) is 0 Å². The lowest BCUT2D eigenvalue weighted by Gasteiger charge is -2.11. The summed E-state index contributed by atoms with van der Waals surface area (Å²) in [5.41, 5.74) is 1.05. The van der Waals surface area contributed by atoms with Gasteiger partial charge in [0.25, 0.3) is 0 Å². The molecule has 0 saturated carbocycles. The van der Waals surface area contributed by atoms with E-state index in [1.165, 1.54) is 19.2 Å². The lowest BCUT2D eigenvalue weighted by molar-refractivity contribution is 0.116. The molecule has 12 heavy (non-hydrogen) atoms.